The maximum Gasteiger partial charge on any atom is 0.418 e. The second-order valence-electron chi connectivity index (χ2n) is 9.15. The first-order chi connectivity index (χ1) is 18.2. The van der Waals surface area contributed by atoms with Gasteiger partial charge in [-0.3, -0.25) is 9.36 Å². The average Bonchev–Trinajstić information content (AvgIpc) is 3.51. The highest BCUT2D eigenvalue weighted by atomic mass is 19.4. The van der Waals surface area contributed by atoms with Crippen LogP contribution in [0.15, 0.2) is 53.8 Å². The van der Waals surface area contributed by atoms with Gasteiger partial charge in [-0.05, 0) is 48.2 Å². The van der Waals surface area contributed by atoms with Crippen molar-refractivity contribution in [1.29, 1.82) is 5.26 Å². The molecule has 4 aromatic heterocycles. The van der Waals surface area contributed by atoms with Crippen LogP contribution in [0, 0.1) is 17.1 Å². The lowest BCUT2D eigenvalue weighted by Crippen LogP contribution is -2.23. The molecule has 0 unspecified atom stereocenters. The molecule has 0 aliphatic heterocycles. The summed E-state index contributed by atoms with van der Waals surface area (Å²) in [6.07, 6.45) is 0.0799. The lowest BCUT2D eigenvalue weighted by molar-refractivity contribution is -0.136. The molecule has 0 saturated heterocycles. The predicted molar refractivity (Wildman–Crippen MR) is 129 cm³/mol. The summed E-state index contributed by atoms with van der Waals surface area (Å²) in [6.45, 7) is 0. The Morgan fingerprint density at radius 1 is 1.16 bits per heavy atom. The Bertz CT molecular complexity index is 1840. The van der Waals surface area contributed by atoms with Crippen LogP contribution in [0.1, 0.15) is 35.6 Å². The van der Waals surface area contributed by atoms with Crippen LogP contribution in [0.3, 0.4) is 0 Å². The number of nitrogens with zero attached hydrogens (tertiary/aromatic N) is 6. The van der Waals surface area contributed by atoms with Crippen molar-refractivity contribution in [1.82, 2.24) is 29.3 Å². The van der Waals surface area contributed by atoms with Crippen LogP contribution in [0.4, 0.5) is 17.6 Å². The van der Waals surface area contributed by atoms with Gasteiger partial charge in [0.15, 0.2) is 5.82 Å². The van der Waals surface area contributed by atoms with Crippen molar-refractivity contribution >= 4 is 10.9 Å². The van der Waals surface area contributed by atoms with E-state index in [9.17, 15) is 27.6 Å². The van der Waals surface area contributed by atoms with E-state index in [1.54, 1.807) is 29.8 Å². The molecule has 0 atom stereocenters. The van der Waals surface area contributed by atoms with E-state index in [1.165, 1.54) is 24.5 Å². The number of pyridine rings is 2. The predicted octanol–water partition coefficient (Wildman–Crippen LogP) is 5.08. The summed E-state index contributed by atoms with van der Waals surface area (Å²) in [7, 11) is 1.71. The highest BCUT2D eigenvalue weighted by Gasteiger charge is 2.36. The number of aromatic amines is 1. The van der Waals surface area contributed by atoms with Gasteiger partial charge in [0.05, 0.1) is 11.1 Å². The van der Waals surface area contributed by atoms with Crippen LogP contribution in [-0.2, 0) is 13.2 Å². The summed E-state index contributed by atoms with van der Waals surface area (Å²) in [4.78, 5) is 20.4. The molecule has 1 saturated carbocycles. The number of benzene rings is 1. The van der Waals surface area contributed by atoms with Crippen molar-refractivity contribution in [2.24, 2.45) is 7.05 Å². The fourth-order valence-corrected chi connectivity index (χ4v) is 4.60. The van der Waals surface area contributed by atoms with Gasteiger partial charge in [0, 0.05) is 42.0 Å². The summed E-state index contributed by atoms with van der Waals surface area (Å²) < 4.78 is 59.0. The number of nitrogens with one attached hydrogen (secondary N) is 1. The van der Waals surface area contributed by atoms with Gasteiger partial charge in [0.25, 0.3) is 5.56 Å². The van der Waals surface area contributed by atoms with Crippen molar-refractivity contribution in [2.75, 3.05) is 0 Å². The summed E-state index contributed by atoms with van der Waals surface area (Å²) in [5.74, 6) is -0.0491. The van der Waals surface area contributed by atoms with Gasteiger partial charge >= 0.3 is 6.18 Å². The molecule has 1 fully saturated rings. The van der Waals surface area contributed by atoms with Crippen LogP contribution in [0.2, 0.25) is 0 Å². The first kappa shape index (κ1) is 23.6. The van der Waals surface area contributed by atoms with E-state index in [4.69, 9.17) is 0 Å². The van der Waals surface area contributed by atoms with E-state index < -0.39 is 28.5 Å². The molecular formula is C26H17F4N7O. The van der Waals surface area contributed by atoms with Gasteiger partial charge in [0.1, 0.15) is 29.5 Å². The number of aromatic nitrogens is 6. The van der Waals surface area contributed by atoms with Crippen LogP contribution < -0.4 is 5.56 Å². The number of hydrogen-bond donors (Lipinski definition) is 1. The Morgan fingerprint density at radius 3 is 2.61 bits per heavy atom. The number of alkyl halides is 3. The highest BCUT2D eigenvalue weighted by molar-refractivity contribution is 5.89. The largest absolute Gasteiger partial charge is 0.418 e. The number of rotatable bonds is 4. The Morgan fingerprint density at radius 2 is 1.95 bits per heavy atom. The first-order valence-electron chi connectivity index (χ1n) is 11.6. The zero-order valence-corrected chi connectivity index (χ0v) is 19.7. The molecule has 12 heteroatoms. The average molecular weight is 519 g/mol. The van der Waals surface area contributed by atoms with Gasteiger partial charge in [0.2, 0.25) is 0 Å². The van der Waals surface area contributed by atoms with Gasteiger partial charge in [-0.1, -0.05) is 6.07 Å². The molecule has 0 spiro atoms. The number of aryl methyl sites for hydroxylation is 1. The quantitative estimate of drug-likeness (QED) is 0.333. The normalized spacial score (nSPS) is 13.7. The molecule has 4 heterocycles. The Kier molecular flexibility index (Phi) is 5.20. The van der Waals surface area contributed by atoms with Gasteiger partial charge < -0.3 is 9.55 Å². The fraction of sp³-hybridized carbons (Fsp3) is 0.192. The number of fused-ring (bicyclic) bond motifs is 1. The van der Waals surface area contributed by atoms with E-state index in [2.05, 4.69) is 20.2 Å². The third-order valence-corrected chi connectivity index (χ3v) is 6.59. The lowest BCUT2D eigenvalue weighted by atomic mass is 9.98. The number of H-pyrrole nitrogens is 1. The van der Waals surface area contributed by atoms with Crippen LogP contribution in [0.25, 0.3) is 39.2 Å². The summed E-state index contributed by atoms with van der Waals surface area (Å²) >= 11 is 0. The third-order valence-electron chi connectivity index (χ3n) is 6.59. The molecule has 8 nitrogen and oxygen atoms in total. The van der Waals surface area contributed by atoms with Crippen LogP contribution in [0.5, 0.6) is 0 Å². The smallest absolute Gasteiger partial charge is 0.355 e. The molecule has 0 radical (unpaired) electrons. The molecule has 38 heavy (non-hydrogen) atoms. The minimum atomic E-state index is -4.84. The molecule has 1 aliphatic rings. The first-order valence-corrected chi connectivity index (χ1v) is 11.6. The molecule has 1 aromatic carbocycles. The van der Waals surface area contributed by atoms with E-state index in [0.29, 0.717) is 34.4 Å². The van der Waals surface area contributed by atoms with Crippen molar-refractivity contribution in [2.45, 2.75) is 24.9 Å². The zero-order valence-electron chi connectivity index (χ0n) is 19.7. The highest BCUT2D eigenvalue weighted by Crippen LogP contribution is 2.42. The van der Waals surface area contributed by atoms with Crippen LogP contribution >= 0.6 is 0 Å². The van der Waals surface area contributed by atoms with Crippen molar-refractivity contribution in [3.63, 3.8) is 0 Å². The van der Waals surface area contributed by atoms with Gasteiger partial charge in [-0.15, -0.1) is 10.2 Å². The summed E-state index contributed by atoms with van der Waals surface area (Å²) in [6, 6.07) is 9.11. The monoisotopic (exact) mass is 519 g/mol. The second-order valence-corrected chi connectivity index (χ2v) is 9.15. The fourth-order valence-electron chi connectivity index (χ4n) is 4.60. The molecule has 1 aliphatic carbocycles. The number of nitriles is 1. The Labute approximate surface area is 211 Å². The second kappa shape index (κ2) is 8.37. The molecule has 1 N–H and O–H groups in total. The van der Waals surface area contributed by atoms with Crippen molar-refractivity contribution in [3.8, 4) is 34.4 Å². The minimum absolute atomic E-state index is 0.0249. The maximum atomic E-state index is 14.3. The zero-order chi connectivity index (χ0) is 26.8. The van der Waals surface area contributed by atoms with Crippen molar-refractivity contribution < 1.29 is 17.6 Å². The number of hydrogen-bond acceptors (Lipinski definition) is 5. The van der Waals surface area contributed by atoms with Gasteiger partial charge in [-0.2, -0.15) is 18.4 Å². The van der Waals surface area contributed by atoms with Gasteiger partial charge in [-0.25, -0.2) is 9.37 Å². The Balaban J connectivity index is 1.63. The summed E-state index contributed by atoms with van der Waals surface area (Å²) in [5.41, 5.74) is -0.444. The third kappa shape index (κ3) is 3.83. The van der Waals surface area contributed by atoms with Crippen LogP contribution in [-0.4, -0.2) is 29.3 Å². The Hall–Kier alpha value is -4.79. The molecular weight excluding hydrogens is 502 g/mol. The standard InChI is InChI=1S/C26H17F4N7O/c1-36-12-33-35-24(36)18-8-16(27)4-5-17(18)14-6-20(13-2-3-13)34-21(7-14)37-11-19(26(28,29)30)22-15(9-31)10-32-23(22)25(37)38/h4-8,10-13,32H,2-3H2,1H3. The topological polar surface area (TPSA) is 105 Å². The molecule has 190 valence electrons. The van der Waals surface area contributed by atoms with Crippen molar-refractivity contribution in [3.05, 3.63) is 82.0 Å². The maximum absolute atomic E-state index is 14.3. The van der Waals surface area contributed by atoms with E-state index in [1.807, 2.05) is 0 Å². The number of halogens is 4. The van der Waals surface area contributed by atoms with E-state index >= 15 is 0 Å². The lowest BCUT2D eigenvalue weighted by Gasteiger charge is -2.16. The SMILES string of the molecule is Cn1cnnc1-c1cc(F)ccc1-c1cc(C2CC2)nc(-n2cc(C(F)(F)F)c3c(C#N)c[nH]c3c2=O)c1. The summed E-state index contributed by atoms with van der Waals surface area (Å²) in [5, 5.41) is 16.8. The van der Waals surface area contributed by atoms with E-state index in [0.717, 1.165) is 23.6 Å². The van der Waals surface area contributed by atoms with E-state index in [-0.39, 0.29) is 22.8 Å². The molecule has 0 bridgehead atoms. The molecule has 0 amide bonds. The molecule has 6 rings (SSSR count). The molecule has 5 aromatic rings. The minimum Gasteiger partial charge on any atom is -0.355 e.